The van der Waals surface area contributed by atoms with Gasteiger partial charge in [-0.25, -0.2) is 0 Å². The van der Waals surface area contributed by atoms with Gasteiger partial charge in [-0.2, -0.15) is 11.8 Å². The molecule has 0 aliphatic rings. The molecule has 0 fully saturated rings. The highest BCUT2D eigenvalue weighted by atomic mass is 16.6. The fourth-order valence-electron chi connectivity index (χ4n) is 0.166. The minimum absolute atomic E-state index is 0.479. The van der Waals surface area contributed by atoms with Crippen LogP contribution in [0.15, 0.2) is 11.5 Å². The maximum absolute atomic E-state index is 4.76. The highest BCUT2D eigenvalue weighted by Crippen LogP contribution is 1.99. The fraction of sp³-hybridized carbons (Fsp3) is 0.500. The fourth-order valence-corrected chi connectivity index (χ4v) is 0.166. The molecule has 0 saturated carbocycles. The molecular formula is C4H10N2O2. The molecule has 0 aromatic rings. The Labute approximate surface area is 48.0 Å². The Morgan fingerprint density at radius 1 is 1.00 bits per heavy atom. The molecule has 8 heavy (non-hydrogen) atoms. The van der Waals surface area contributed by atoms with E-state index in [2.05, 4.69) is 9.68 Å². The van der Waals surface area contributed by atoms with E-state index in [9.17, 15) is 0 Å². The van der Waals surface area contributed by atoms with Crippen molar-refractivity contribution in [3.05, 3.63) is 11.5 Å². The Morgan fingerprint density at radius 3 is 1.38 bits per heavy atom. The van der Waals surface area contributed by atoms with Crippen molar-refractivity contribution in [1.29, 1.82) is 0 Å². The van der Waals surface area contributed by atoms with E-state index >= 15 is 0 Å². The number of hydrogen-bond acceptors (Lipinski definition) is 4. The molecule has 4 nitrogen and oxygen atoms in total. The Kier molecular flexibility index (Phi) is 2.98. The van der Waals surface area contributed by atoms with Gasteiger partial charge in [0, 0.05) is 0 Å². The van der Waals surface area contributed by atoms with E-state index in [-0.39, 0.29) is 0 Å². The first kappa shape index (κ1) is 7.26. The molecule has 0 aromatic heterocycles. The third-order valence-electron chi connectivity index (χ3n) is 0.849. The summed E-state index contributed by atoms with van der Waals surface area (Å²) < 4.78 is 0. The summed E-state index contributed by atoms with van der Waals surface area (Å²) in [7, 11) is 0. The van der Waals surface area contributed by atoms with Gasteiger partial charge in [0.1, 0.15) is 0 Å². The molecule has 0 unspecified atom stereocenters. The van der Waals surface area contributed by atoms with Crippen molar-refractivity contribution in [1.82, 2.24) is 0 Å². The van der Waals surface area contributed by atoms with Crippen LogP contribution in [0.2, 0.25) is 0 Å². The van der Waals surface area contributed by atoms with Crippen LogP contribution in [-0.4, -0.2) is 0 Å². The second kappa shape index (κ2) is 3.29. The monoisotopic (exact) mass is 118 g/mol. The third-order valence-corrected chi connectivity index (χ3v) is 0.849. The minimum Gasteiger partial charge on any atom is -0.413 e. The quantitative estimate of drug-likeness (QED) is 0.396. The SMILES string of the molecule is C/C(ON)=C(\C)ON. The number of allylic oxidation sites excluding steroid dienone is 2. The van der Waals surface area contributed by atoms with Crippen LogP contribution in [0.4, 0.5) is 0 Å². The van der Waals surface area contributed by atoms with E-state index in [1.807, 2.05) is 0 Å². The van der Waals surface area contributed by atoms with Crippen molar-refractivity contribution in [3.8, 4) is 0 Å². The van der Waals surface area contributed by atoms with E-state index < -0.39 is 0 Å². The van der Waals surface area contributed by atoms with Gasteiger partial charge in [-0.05, 0) is 13.8 Å². The largest absolute Gasteiger partial charge is 0.413 e. The van der Waals surface area contributed by atoms with Crippen LogP contribution >= 0.6 is 0 Å². The molecular weight excluding hydrogens is 108 g/mol. The lowest BCUT2D eigenvalue weighted by Gasteiger charge is -2.00. The van der Waals surface area contributed by atoms with Crippen LogP contribution in [-0.2, 0) is 9.68 Å². The number of nitrogens with two attached hydrogens (primary N) is 2. The molecule has 0 heterocycles. The van der Waals surface area contributed by atoms with Crippen molar-refractivity contribution in [2.24, 2.45) is 11.8 Å². The highest BCUT2D eigenvalue weighted by Gasteiger charge is 1.93. The summed E-state index contributed by atoms with van der Waals surface area (Å²) in [6.45, 7) is 3.31. The van der Waals surface area contributed by atoms with E-state index in [0.717, 1.165) is 0 Å². The standard InChI is InChI=1S/C4H10N2O2/c1-3(7-5)4(2)8-6/h5-6H2,1-2H3/b4-3-. The average molecular weight is 118 g/mol. The predicted octanol–water partition coefficient (Wildman–Crippen LogP) is 0.0184. The lowest BCUT2D eigenvalue weighted by atomic mass is 10.5. The first-order valence-corrected chi connectivity index (χ1v) is 2.13. The van der Waals surface area contributed by atoms with Gasteiger partial charge in [0.25, 0.3) is 0 Å². The number of rotatable bonds is 2. The lowest BCUT2D eigenvalue weighted by Crippen LogP contribution is -2.03. The first-order chi connectivity index (χ1) is 3.72. The molecule has 4 N–H and O–H groups in total. The van der Waals surface area contributed by atoms with Crippen LogP contribution < -0.4 is 11.8 Å². The molecule has 0 atom stereocenters. The van der Waals surface area contributed by atoms with E-state index in [4.69, 9.17) is 11.8 Å². The molecule has 0 saturated heterocycles. The summed E-state index contributed by atoms with van der Waals surface area (Å²) in [5.41, 5.74) is 0. The molecule has 0 aliphatic heterocycles. The average Bonchev–Trinajstić information content (AvgIpc) is 1.84. The Balaban J connectivity index is 3.83. The van der Waals surface area contributed by atoms with Gasteiger partial charge in [-0.3, -0.25) is 0 Å². The first-order valence-electron chi connectivity index (χ1n) is 2.13. The van der Waals surface area contributed by atoms with Crippen LogP contribution in [0.25, 0.3) is 0 Å². The van der Waals surface area contributed by atoms with Crippen LogP contribution in [0.5, 0.6) is 0 Å². The summed E-state index contributed by atoms with van der Waals surface area (Å²) >= 11 is 0. The Hall–Kier alpha value is -0.740. The van der Waals surface area contributed by atoms with Crippen molar-refractivity contribution in [3.63, 3.8) is 0 Å². The maximum Gasteiger partial charge on any atom is 0.160 e. The molecule has 0 spiro atoms. The van der Waals surface area contributed by atoms with Crippen molar-refractivity contribution in [2.75, 3.05) is 0 Å². The second-order valence-corrected chi connectivity index (χ2v) is 1.35. The lowest BCUT2D eigenvalue weighted by molar-refractivity contribution is 0.160. The Morgan fingerprint density at radius 2 is 1.25 bits per heavy atom. The van der Waals surface area contributed by atoms with E-state index in [0.29, 0.717) is 11.5 Å². The van der Waals surface area contributed by atoms with Gasteiger partial charge >= 0.3 is 0 Å². The number of hydrogen-bond donors (Lipinski definition) is 2. The predicted molar refractivity (Wildman–Crippen MR) is 28.9 cm³/mol. The van der Waals surface area contributed by atoms with Gasteiger partial charge in [0.2, 0.25) is 0 Å². The zero-order valence-corrected chi connectivity index (χ0v) is 4.97. The normalized spacial score (nSPS) is 12.5. The van der Waals surface area contributed by atoms with Crippen LogP contribution in [0, 0.1) is 0 Å². The molecule has 4 heteroatoms. The van der Waals surface area contributed by atoms with Crippen LogP contribution in [0.3, 0.4) is 0 Å². The van der Waals surface area contributed by atoms with Crippen molar-refractivity contribution >= 4 is 0 Å². The molecule has 0 rings (SSSR count). The molecule has 0 amide bonds. The molecule has 0 aliphatic carbocycles. The van der Waals surface area contributed by atoms with Gasteiger partial charge < -0.3 is 9.68 Å². The zero-order chi connectivity index (χ0) is 6.57. The summed E-state index contributed by atoms with van der Waals surface area (Å²) in [5.74, 6) is 10.5. The van der Waals surface area contributed by atoms with Gasteiger partial charge in [-0.15, -0.1) is 0 Å². The third kappa shape index (κ3) is 1.81. The van der Waals surface area contributed by atoms with Crippen molar-refractivity contribution < 1.29 is 9.68 Å². The zero-order valence-electron chi connectivity index (χ0n) is 4.97. The summed E-state index contributed by atoms with van der Waals surface area (Å²) in [6.07, 6.45) is 0. The highest BCUT2D eigenvalue weighted by molar-refractivity contribution is 4.92. The summed E-state index contributed by atoms with van der Waals surface area (Å²) in [4.78, 5) is 8.55. The van der Waals surface area contributed by atoms with Crippen molar-refractivity contribution in [2.45, 2.75) is 13.8 Å². The summed E-state index contributed by atoms with van der Waals surface area (Å²) in [6, 6.07) is 0. The van der Waals surface area contributed by atoms with E-state index in [1.54, 1.807) is 13.8 Å². The van der Waals surface area contributed by atoms with E-state index in [1.165, 1.54) is 0 Å². The van der Waals surface area contributed by atoms with Gasteiger partial charge in [0.15, 0.2) is 11.5 Å². The smallest absolute Gasteiger partial charge is 0.160 e. The maximum atomic E-state index is 4.76. The topological polar surface area (TPSA) is 70.5 Å². The van der Waals surface area contributed by atoms with Gasteiger partial charge in [0.05, 0.1) is 0 Å². The van der Waals surface area contributed by atoms with Gasteiger partial charge in [-0.1, -0.05) is 0 Å². The minimum atomic E-state index is 0.479. The molecule has 0 radical (unpaired) electrons. The molecule has 48 valence electrons. The second-order valence-electron chi connectivity index (χ2n) is 1.35. The molecule has 0 aromatic carbocycles. The Bertz CT molecular complexity index is 88.2. The van der Waals surface area contributed by atoms with Crippen LogP contribution in [0.1, 0.15) is 13.8 Å². The molecule has 0 bridgehead atoms. The summed E-state index contributed by atoms with van der Waals surface area (Å²) in [5, 5.41) is 0.